The van der Waals surface area contributed by atoms with Gasteiger partial charge in [-0.25, -0.2) is 14.4 Å². The topological polar surface area (TPSA) is 104 Å². The third-order valence-electron chi connectivity index (χ3n) is 8.44. The highest BCUT2D eigenvalue weighted by Crippen LogP contribution is 2.39. The molecule has 10 nitrogen and oxygen atoms in total. The number of anilines is 6. The molecule has 0 spiro atoms. The maximum atomic E-state index is 15.3. The van der Waals surface area contributed by atoms with Crippen molar-refractivity contribution in [3.8, 4) is 0 Å². The second-order valence-electron chi connectivity index (χ2n) is 11.6. The molecule has 1 aromatic heterocycles. The first-order valence-electron chi connectivity index (χ1n) is 15.5. The Morgan fingerprint density at radius 1 is 0.956 bits per heavy atom. The Bertz CT molecular complexity index is 1500. The molecule has 2 aliphatic heterocycles. The fourth-order valence-corrected chi connectivity index (χ4v) is 6.68. The van der Waals surface area contributed by atoms with Crippen LogP contribution in [0.25, 0.3) is 0 Å². The molecule has 6 rings (SSSR count). The second-order valence-corrected chi connectivity index (χ2v) is 12.2. The van der Waals surface area contributed by atoms with Crippen LogP contribution in [0.3, 0.4) is 0 Å². The van der Waals surface area contributed by atoms with E-state index in [1.54, 1.807) is 12.3 Å². The van der Waals surface area contributed by atoms with E-state index in [1.807, 2.05) is 23.1 Å². The van der Waals surface area contributed by atoms with E-state index in [2.05, 4.69) is 44.5 Å². The highest BCUT2D eigenvalue weighted by Gasteiger charge is 2.32. The molecule has 238 valence electrons. The van der Waals surface area contributed by atoms with E-state index in [1.165, 1.54) is 12.1 Å². The SMILES string of the molecule is C=CC(=O)NC1CC(Cl)CC(c2nc(Nc3cccc(N4CCOCC4)c3)ncc2Nc2ccc(N3CCOCC3)c(F)c2)C1. The Morgan fingerprint density at radius 2 is 1.69 bits per heavy atom. The van der Waals surface area contributed by atoms with Crippen molar-refractivity contribution in [3.63, 3.8) is 0 Å². The minimum absolute atomic E-state index is 0.0837. The van der Waals surface area contributed by atoms with Crippen LogP contribution in [0, 0.1) is 5.82 Å². The zero-order chi connectivity index (χ0) is 31.2. The molecule has 12 heteroatoms. The summed E-state index contributed by atoms with van der Waals surface area (Å²) in [6.07, 6.45) is 4.96. The summed E-state index contributed by atoms with van der Waals surface area (Å²) in [5.74, 6) is -0.191. The number of carbonyl (C=O) groups excluding carboxylic acids is 1. The molecule has 2 saturated heterocycles. The van der Waals surface area contributed by atoms with Gasteiger partial charge in [-0.3, -0.25) is 4.79 Å². The van der Waals surface area contributed by atoms with Crippen LogP contribution in [0.5, 0.6) is 0 Å². The molecular formula is C33H39ClFN7O3. The van der Waals surface area contributed by atoms with Crippen molar-refractivity contribution in [2.75, 3.05) is 73.0 Å². The smallest absolute Gasteiger partial charge is 0.243 e. The lowest BCUT2D eigenvalue weighted by Crippen LogP contribution is -2.40. The van der Waals surface area contributed by atoms with E-state index in [4.69, 9.17) is 26.1 Å². The Morgan fingerprint density at radius 3 is 2.42 bits per heavy atom. The van der Waals surface area contributed by atoms with E-state index in [-0.39, 0.29) is 29.1 Å². The molecule has 45 heavy (non-hydrogen) atoms. The van der Waals surface area contributed by atoms with Gasteiger partial charge < -0.3 is 35.2 Å². The Balaban J connectivity index is 1.28. The van der Waals surface area contributed by atoms with Gasteiger partial charge in [-0.1, -0.05) is 12.6 Å². The van der Waals surface area contributed by atoms with Crippen LogP contribution in [-0.2, 0) is 14.3 Å². The molecule has 3 aliphatic rings. The van der Waals surface area contributed by atoms with Gasteiger partial charge in [0.1, 0.15) is 5.82 Å². The first-order chi connectivity index (χ1) is 21.9. The first kappa shape index (κ1) is 31.1. The van der Waals surface area contributed by atoms with Crippen LogP contribution in [0.2, 0.25) is 0 Å². The lowest BCUT2D eigenvalue weighted by Gasteiger charge is -2.33. The average molecular weight is 636 g/mol. The van der Waals surface area contributed by atoms with E-state index < -0.39 is 0 Å². The summed E-state index contributed by atoms with van der Waals surface area (Å²) >= 11 is 6.73. The summed E-state index contributed by atoms with van der Waals surface area (Å²) < 4.78 is 26.2. The van der Waals surface area contributed by atoms with Gasteiger partial charge >= 0.3 is 0 Å². The summed E-state index contributed by atoms with van der Waals surface area (Å²) in [7, 11) is 0. The van der Waals surface area contributed by atoms with E-state index in [0.717, 1.165) is 30.2 Å². The highest BCUT2D eigenvalue weighted by atomic mass is 35.5. The molecule has 1 saturated carbocycles. The summed E-state index contributed by atoms with van der Waals surface area (Å²) in [4.78, 5) is 26.0. The van der Waals surface area contributed by atoms with Gasteiger partial charge in [0.25, 0.3) is 0 Å². The average Bonchev–Trinajstić information content (AvgIpc) is 3.06. The van der Waals surface area contributed by atoms with Crippen molar-refractivity contribution in [1.82, 2.24) is 15.3 Å². The van der Waals surface area contributed by atoms with E-state index >= 15 is 4.39 Å². The number of amides is 1. The maximum Gasteiger partial charge on any atom is 0.243 e. The van der Waals surface area contributed by atoms with Crippen molar-refractivity contribution in [2.24, 2.45) is 0 Å². The zero-order valence-corrected chi connectivity index (χ0v) is 25.9. The minimum Gasteiger partial charge on any atom is -0.378 e. The number of hydrogen-bond acceptors (Lipinski definition) is 9. The molecule has 1 amide bonds. The molecule has 0 bridgehead atoms. The third-order valence-corrected chi connectivity index (χ3v) is 8.80. The van der Waals surface area contributed by atoms with E-state index in [9.17, 15) is 4.79 Å². The Labute approximate surface area is 268 Å². The fourth-order valence-electron chi connectivity index (χ4n) is 6.25. The molecule has 0 radical (unpaired) electrons. The second kappa shape index (κ2) is 14.4. The van der Waals surface area contributed by atoms with Gasteiger partial charge in [0.05, 0.1) is 49.7 Å². The van der Waals surface area contributed by atoms with E-state index in [0.29, 0.717) is 81.8 Å². The summed E-state index contributed by atoms with van der Waals surface area (Å²) in [6.45, 7) is 9.12. The van der Waals surface area contributed by atoms with Crippen LogP contribution in [0.4, 0.5) is 38.8 Å². The molecule has 2 aromatic carbocycles. The van der Waals surface area contributed by atoms with Gasteiger partial charge in [-0.2, -0.15) is 0 Å². The van der Waals surface area contributed by atoms with Gasteiger partial charge in [0.15, 0.2) is 0 Å². The molecular weight excluding hydrogens is 597 g/mol. The maximum absolute atomic E-state index is 15.3. The van der Waals surface area contributed by atoms with Gasteiger partial charge in [0, 0.05) is 60.6 Å². The lowest BCUT2D eigenvalue weighted by atomic mass is 9.82. The van der Waals surface area contributed by atoms with Crippen LogP contribution in [0.15, 0.2) is 61.3 Å². The number of benzene rings is 2. The van der Waals surface area contributed by atoms with Crippen LogP contribution >= 0.6 is 11.6 Å². The number of carbonyl (C=O) groups is 1. The lowest BCUT2D eigenvalue weighted by molar-refractivity contribution is -0.117. The number of halogens is 2. The minimum atomic E-state index is -0.312. The quantitative estimate of drug-likeness (QED) is 0.213. The van der Waals surface area contributed by atoms with Crippen molar-refractivity contribution in [1.29, 1.82) is 0 Å². The largest absolute Gasteiger partial charge is 0.378 e. The van der Waals surface area contributed by atoms with Crippen LogP contribution < -0.4 is 25.8 Å². The number of rotatable bonds is 9. The fraction of sp³-hybridized carbons (Fsp3) is 0.424. The Hall–Kier alpha value is -3.93. The molecule has 1 aliphatic carbocycles. The standard InChI is InChI=1S/C33H39ClFN7O3/c1-2-31(43)38-26-17-22(16-23(34)18-26)32-29(37-25-6-7-30(28(35)20-25)42-10-14-45-15-11-42)21-36-33(40-32)39-24-4-3-5-27(19-24)41-8-12-44-13-9-41/h2-7,19-23,26,37H,1,8-18H2,(H,38,43)(H,36,39,40). The van der Waals surface area contributed by atoms with Crippen molar-refractivity contribution in [3.05, 3.63) is 72.8 Å². The predicted octanol–water partition coefficient (Wildman–Crippen LogP) is 5.32. The van der Waals surface area contributed by atoms with Crippen LogP contribution in [0.1, 0.15) is 30.9 Å². The highest BCUT2D eigenvalue weighted by molar-refractivity contribution is 6.20. The summed E-state index contributed by atoms with van der Waals surface area (Å²) in [5.41, 5.74) is 4.51. The van der Waals surface area contributed by atoms with Crippen LogP contribution in [-0.4, -0.2) is 79.9 Å². The number of ether oxygens (including phenoxy) is 2. The third kappa shape index (κ3) is 7.84. The van der Waals surface area contributed by atoms with Gasteiger partial charge in [0.2, 0.25) is 11.9 Å². The number of alkyl halides is 1. The number of nitrogens with one attached hydrogen (secondary N) is 3. The monoisotopic (exact) mass is 635 g/mol. The van der Waals surface area contributed by atoms with Gasteiger partial charge in [-0.05, 0) is 61.7 Å². The molecule has 3 fully saturated rings. The van der Waals surface area contributed by atoms with Crippen molar-refractivity contribution < 1.29 is 18.7 Å². The molecule has 3 aromatic rings. The van der Waals surface area contributed by atoms with Crippen molar-refractivity contribution >= 4 is 51.9 Å². The number of aromatic nitrogens is 2. The first-order valence-corrected chi connectivity index (χ1v) is 15.9. The number of morpholine rings is 2. The predicted molar refractivity (Wildman–Crippen MR) is 176 cm³/mol. The van der Waals surface area contributed by atoms with Gasteiger partial charge in [-0.15, -0.1) is 11.6 Å². The molecule has 3 N–H and O–H groups in total. The summed E-state index contributed by atoms with van der Waals surface area (Å²) in [6, 6.07) is 13.2. The number of nitrogens with zero attached hydrogens (tertiary/aromatic N) is 4. The number of hydrogen-bond donors (Lipinski definition) is 3. The summed E-state index contributed by atoms with van der Waals surface area (Å²) in [5, 5.41) is 9.58. The molecule has 3 heterocycles. The molecule has 3 unspecified atom stereocenters. The molecule has 3 atom stereocenters. The van der Waals surface area contributed by atoms with Crippen molar-refractivity contribution in [2.45, 2.75) is 36.6 Å². The zero-order valence-electron chi connectivity index (χ0n) is 25.2. The normalized spacial score (nSPS) is 22.0. The Kier molecular flexibility index (Phi) is 9.97.